The Labute approximate surface area is 170 Å². The van der Waals surface area contributed by atoms with E-state index < -0.39 is 0 Å². The van der Waals surface area contributed by atoms with Crippen LogP contribution in [0.2, 0.25) is 0 Å². The van der Waals surface area contributed by atoms with Crippen molar-refractivity contribution in [1.82, 2.24) is 0 Å². The Hall–Kier alpha value is -1.83. The highest BCUT2D eigenvalue weighted by Crippen LogP contribution is 2.38. The second-order valence-electron chi connectivity index (χ2n) is 8.56. The largest absolute Gasteiger partial charge is 0.427 e. The SMILES string of the molecule is CCCCCC(=O)Oc1ccc2cc([C@H]3CC[C@H](CCCC)CC3)ccc2c1. The van der Waals surface area contributed by atoms with Gasteiger partial charge in [0.25, 0.3) is 0 Å². The number of carbonyl (C=O) groups excluding carboxylic acids is 1. The first-order chi connectivity index (χ1) is 13.7. The van der Waals surface area contributed by atoms with Crippen molar-refractivity contribution in [2.45, 2.75) is 90.4 Å². The molecule has 2 heteroatoms. The van der Waals surface area contributed by atoms with Gasteiger partial charge in [0.2, 0.25) is 0 Å². The molecule has 0 saturated heterocycles. The van der Waals surface area contributed by atoms with E-state index in [-0.39, 0.29) is 5.97 Å². The summed E-state index contributed by atoms with van der Waals surface area (Å²) in [5.74, 6) is 2.20. The topological polar surface area (TPSA) is 26.3 Å². The van der Waals surface area contributed by atoms with Gasteiger partial charge < -0.3 is 4.74 Å². The Morgan fingerprint density at radius 1 is 0.893 bits per heavy atom. The molecule has 152 valence electrons. The van der Waals surface area contributed by atoms with E-state index >= 15 is 0 Å². The fourth-order valence-corrected chi connectivity index (χ4v) is 4.54. The summed E-state index contributed by atoms with van der Waals surface area (Å²) < 4.78 is 5.52. The second-order valence-corrected chi connectivity index (χ2v) is 8.56. The fraction of sp³-hybridized carbons (Fsp3) is 0.577. The minimum atomic E-state index is -0.121. The molecule has 0 heterocycles. The maximum atomic E-state index is 12.0. The number of carbonyl (C=O) groups is 1. The van der Waals surface area contributed by atoms with Crippen molar-refractivity contribution >= 4 is 16.7 Å². The van der Waals surface area contributed by atoms with E-state index in [1.807, 2.05) is 12.1 Å². The van der Waals surface area contributed by atoms with Crippen molar-refractivity contribution < 1.29 is 9.53 Å². The summed E-state index contributed by atoms with van der Waals surface area (Å²) in [5.41, 5.74) is 1.48. The van der Waals surface area contributed by atoms with Crippen LogP contribution in [-0.4, -0.2) is 5.97 Å². The summed E-state index contributed by atoms with van der Waals surface area (Å²) in [5, 5.41) is 2.40. The third-order valence-electron chi connectivity index (χ3n) is 6.34. The van der Waals surface area contributed by atoms with Crippen LogP contribution < -0.4 is 4.74 Å². The van der Waals surface area contributed by atoms with Crippen LogP contribution in [0.25, 0.3) is 10.8 Å². The molecule has 0 aliphatic heterocycles. The molecule has 0 spiro atoms. The molecule has 0 N–H and O–H groups in total. The lowest BCUT2D eigenvalue weighted by Crippen LogP contribution is -2.13. The number of rotatable bonds is 9. The van der Waals surface area contributed by atoms with Gasteiger partial charge in [-0.15, -0.1) is 0 Å². The second kappa shape index (κ2) is 10.6. The van der Waals surface area contributed by atoms with Crippen LogP contribution in [0.5, 0.6) is 5.75 Å². The zero-order chi connectivity index (χ0) is 19.8. The Kier molecular flexibility index (Phi) is 7.94. The Balaban J connectivity index is 1.59. The van der Waals surface area contributed by atoms with E-state index in [1.165, 1.54) is 55.9 Å². The highest BCUT2D eigenvalue weighted by molar-refractivity contribution is 5.85. The van der Waals surface area contributed by atoms with Gasteiger partial charge in [0.1, 0.15) is 5.75 Å². The molecule has 0 aromatic heterocycles. The summed E-state index contributed by atoms with van der Waals surface area (Å²) in [6.45, 7) is 4.43. The number of fused-ring (bicyclic) bond motifs is 1. The highest BCUT2D eigenvalue weighted by Gasteiger charge is 2.22. The molecular formula is C26H36O2. The molecule has 2 aromatic carbocycles. The van der Waals surface area contributed by atoms with Gasteiger partial charge in [-0.1, -0.05) is 70.2 Å². The molecule has 1 aliphatic rings. The Morgan fingerprint density at radius 3 is 2.36 bits per heavy atom. The van der Waals surface area contributed by atoms with Crippen molar-refractivity contribution in [3.63, 3.8) is 0 Å². The normalized spacial score (nSPS) is 19.6. The Morgan fingerprint density at radius 2 is 1.61 bits per heavy atom. The number of unbranched alkanes of at least 4 members (excludes halogenated alkanes) is 3. The molecule has 0 unspecified atom stereocenters. The molecule has 1 saturated carbocycles. The predicted octanol–water partition coefficient (Wildman–Crippen LogP) is 7.79. The maximum absolute atomic E-state index is 12.0. The van der Waals surface area contributed by atoms with Crippen LogP contribution in [0.3, 0.4) is 0 Å². The van der Waals surface area contributed by atoms with Crippen molar-refractivity contribution in [3.05, 3.63) is 42.0 Å². The van der Waals surface area contributed by atoms with E-state index in [0.717, 1.165) is 30.6 Å². The van der Waals surface area contributed by atoms with E-state index in [2.05, 4.69) is 38.1 Å². The fourth-order valence-electron chi connectivity index (χ4n) is 4.54. The number of hydrogen-bond donors (Lipinski definition) is 0. The molecule has 28 heavy (non-hydrogen) atoms. The summed E-state index contributed by atoms with van der Waals surface area (Å²) >= 11 is 0. The number of esters is 1. The minimum absolute atomic E-state index is 0.121. The first-order valence-corrected chi connectivity index (χ1v) is 11.4. The maximum Gasteiger partial charge on any atom is 0.311 e. The molecular weight excluding hydrogens is 344 g/mol. The summed E-state index contributed by atoms with van der Waals surface area (Å²) in [6.07, 6.45) is 13.2. The van der Waals surface area contributed by atoms with E-state index in [1.54, 1.807) is 0 Å². The van der Waals surface area contributed by atoms with Gasteiger partial charge in [0, 0.05) is 6.42 Å². The first kappa shape index (κ1) is 20.9. The van der Waals surface area contributed by atoms with Gasteiger partial charge in [-0.3, -0.25) is 4.79 Å². The van der Waals surface area contributed by atoms with Crippen LogP contribution in [-0.2, 0) is 4.79 Å². The average Bonchev–Trinajstić information content (AvgIpc) is 2.72. The zero-order valence-electron chi connectivity index (χ0n) is 17.7. The standard InChI is InChI=1S/C26H36O2/c1-3-5-7-9-26(27)28-25-17-16-23-18-22(14-15-24(23)19-25)21-12-10-20(11-13-21)8-6-4-2/h14-21H,3-13H2,1-2H3/t20-,21-. The van der Waals surface area contributed by atoms with Gasteiger partial charge >= 0.3 is 5.97 Å². The number of benzene rings is 2. The van der Waals surface area contributed by atoms with E-state index in [9.17, 15) is 4.79 Å². The number of hydrogen-bond acceptors (Lipinski definition) is 2. The molecule has 0 amide bonds. The van der Waals surface area contributed by atoms with Crippen molar-refractivity contribution in [2.24, 2.45) is 5.92 Å². The van der Waals surface area contributed by atoms with Crippen molar-refractivity contribution in [1.29, 1.82) is 0 Å². The predicted molar refractivity (Wildman–Crippen MR) is 118 cm³/mol. The molecule has 0 bridgehead atoms. The molecule has 0 radical (unpaired) electrons. The Bertz CT molecular complexity index is 756. The molecule has 2 nitrogen and oxygen atoms in total. The van der Waals surface area contributed by atoms with Gasteiger partial charge in [-0.05, 0) is 72.4 Å². The third-order valence-corrected chi connectivity index (χ3v) is 6.34. The lowest BCUT2D eigenvalue weighted by Gasteiger charge is -2.29. The molecule has 1 fully saturated rings. The number of ether oxygens (including phenoxy) is 1. The van der Waals surface area contributed by atoms with Crippen LogP contribution in [0.15, 0.2) is 36.4 Å². The van der Waals surface area contributed by atoms with Crippen LogP contribution in [0.1, 0.15) is 96.0 Å². The monoisotopic (exact) mass is 380 g/mol. The summed E-state index contributed by atoms with van der Waals surface area (Å²) in [6, 6.07) is 12.9. The van der Waals surface area contributed by atoms with Crippen LogP contribution in [0, 0.1) is 5.92 Å². The molecule has 0 atom stereocenters. The van der Waals surface area contributed by atoms with Crippen LogP contribution >= 0.6 is 0 Å². The lowest BCUT2D eigenvalue weighted by atomic mass is 9.77. The minimum Gasteiger partial charge on any atom is -0.427 e. The van der Waals surface area contributed by atoms with Gasteiger partial charge in [0.15, 0.2) is 0 Å². The summed E-state index contributed by atoms with van der Waals surface area (Å²) in [7, 11) is 0. The molecule has 1 aliphatic carbocycles. The zero-order valence-corrected chi connectivity index (χ0v) is 17.7. The van der Waals surface area contributed by atoms with Crippen molar-refractivity contribution in [2.75, 3.05) is 0 Å². The quantitative estimate of drug-likeness (QED) is 0.252. The van der Waals surface area contributed by atoms with Crippen LogP contribution in [0.4, 0.5) is 0 Å². The van der Waals surface area contributed by atoms with Gasteiger partial charge in [0.05, 0.1) is 0 Å². The first-order valence-electron chi connectivity index (χ1n) is 11.4. The third kappa shape index (κ3) is 5.83. The molecule has 3 rings (SSSR count). The summed E-state index contributed by atoms with van der Waals surface area (Å²) in [4.78, 5) is 12.0. The van der Waals surface area contributed by atoms with Crippen molar-refractivity contribution in [3.8, 4) is 5.75 Å². The van der Waals surface area contributed by atoms with Gasteiger partial charge in [-0.2, -0.15) is 0 Å². The van der Waals surface area contributed by atoms with E-state index in [4.69, 9.17) is 4.74 Å². The highest BCUT2D eigenvalue weighted by atomic mass is 16.5. The van der Waals surface area contributed by atoms with Gasteiger partial charge in [-0.25, -0.2) is 0 Å². The molecule has 2 aromatic rings. The lowest BCUT2D eigenvalue weighted by molar-refractivity contribution is -0.134. The van der Waals surface area contributed by atoms with E-state index in [0.29, 0.717) is 18.1 Å². The average molecular weight is 381 g/mol. The smallest absolute Gasteiger partial charge is 0.311 e.